The highest BCUT2D eigenvalue weighted by Gasteiger charge is 2.09. The fourth-order valence-corrected chi connectivity index (χ4v) is 3.39. The van der Waals surface area contributed by atoms with Crippen LogP contribution in [-0.4, -0.2) is 21.3 Å². The minimum atomic E-state index is -0.421. The van der Waals surface area contributed by atoms with Crippen molar-refractivity contribution < 1.29 is 9.85 Å². The molecule has 0 atom stereocenters. The van der Waals surface area contributed by atoms with E-state index in [1.165, 1.54) is 24.3 Å². The van der Waals surface area contributed by atoms with E-state index in [2.05, 4.69) is 21.1 Å². The van der Waals surface area contributed by atoms with Gasteiger partial charge in [-0.1, -0.05) is 0 Å². The molecule has 0 spiro atoms. The fraction of sp³-hybridized carbons (Fsp3) is 0.364. The van der Waals surface area contributed by atoms with Crippen molar-refractivity contribution in [3.8, 4) is 0 Å². The predicted molar refractivity (Wildman–Crippen MR) is 125 cm³/mol. The van der Waals surface area contributed by atoms with Crippen LogP contribution in [0, 0.1) is 20.2 Å². The summed E-state index contributed by atoms with van der Waals surface area (Å²) in [6, 6.07) is 12.5. The van der Waals surface area contributed by atoms with Crippen molar-refractivity contribution in [2.45, 2.75) is 51.4 Å². The number of non-ortho nitro benzene ring substituents is 2. The minimum absolute atomic E-state index is 0.0578. The van der Waals surface area contributed by atoms with Gasteiger partial charge in [-0.15, -0.1) is 0 Å². The summed E-state index contributed by atoms with van der Waals surface area (Å²) in [5, 5.41) is 30.5. The summed E-state index contributed by atoms with van der Waals surface area (Å²) in [6.45, 7) is 0. The maximum absolute atomic E-state index is 10.7. The summed E-state index contributed by atoms with van der Waals surface area (Å²) in [5.74, 6) is 0. The largest absolute Gasteiger partial charge is 0.279 e. The van der Waals surface area contributed by atoms with Crippen LogP contribution in [0.2, 0.25) is 0 Å². The van der Waals surface area contributed by atoms with E-state index >= 15 is 0 Å². The normalized spacial score (nSPS) is 14.9. The number of nitrogens with one attached hydrogen (secondary N) is 2. The zero-order valence-electron chi connectivity index (χ0n) is 17.7. The van der Waals surface area contributed by atoms with Crippen molar-refractivity contribution in [3.05, 3.63) is 68.8 Å². The third-order valence-corrected chi connectivity index (χ3v) is 5.20. The van der Waals surface area contributed by atoms with Crippen LogP contribution in [0.3, 0.4) is 0 Å². The van der Waals surface area contributed by atoms with Crippen molar-refractivity contribution in [3.63, 3.8) is 0 Å². The SMILES string of the molecule is O=[N+]([O-])c1ccc(NN=C2CCCCC(=NNc3ccc([N+](=O)[O-])cc3)CCCC2)cc1. The van der Waals surface area contributed by atoms with Gasteiger partial charge in [0.15, 0.2) is 0 Å². The van der Waals surface area contributed by atoms with Crippen molar-refractivity contribution in [2.24, 2.45) is 10.2 Å². The van der Waals surface area contributed by atoms with E-state index < -0.39 is 9.85 Å². The molecule has 3 rings (SSSR count). The highest BCUT2D eigenvalue weighted by molar-refractivity contribution is 5.87. The molecule has 0 aromatic heterocycles. The Morgan fingerprint density at radius 2 is 0.906 bits per heavy atom. The van der Waals surface area contributed by atoms with Crippen LogP contribution in [0.4, 0.5) is 22.7 Å². The summed E-state index contributed by atoms with van der Waals surface area (Å²) in [7, 11) is 0. The monoisotopic (exact) mass is 438 g/mol. The molecule has 1 fully saturated rings. The Labute approximate surface area is 185 Å². The Balaban J connectivity index is 1.49. The van der Waals surface area contributed by atoms with Crippen molar-refractivity contribution >= 4 is 34.2 Å². The summed E-state index contributed by atoms with van der Waals surface area (Å²) in [5.41, 5.74) is 9.81. The molecule has 10 heteroatoms. The molecule has 0 aliphatic heterocycles. The first kappa shape index (κ1) is 22.9. The van der Waals surface area contributed by atoms with E-state index in [-0.39, 0.29) is 11.4 Å². The number of hydrogen-bond acceptors (Lipinski definition) is 8. The van der Waals surface area contributed by atoms with Crippen molar-refractivity contribution in [1.82, 2.24) is 0 Å². The maximum atomic E-state index is 10.7. The molecule has 0 radical (unpaired) electrons. The lowest BCUT2D eigenvalue weighted by Gasteiger charge is -2.13. The highest BCUT2D eigenvalue weighted by Crippen LogP contribution is 2.19. The van der Waals surface area contributed by atoms with Crippen LogP contribution in [0.25, 0.3) is 0 Å². The van der Waals surface area contributed by atoms with Crippen LogP contribution in [0.5, 0.6) is 0 Å². The summed E-state index contributed by atoms with van der Waals surface area (Å²) < 4.78 is 0. The molecule has 0 saturated heterocycles. The van der Waals surface area contributed by atoms with Crippen LogP contribution >= 0.6 is 0 Å². The van der Waals surface area contributed by atoms with E-state index in [0.717, 1.165) is 74.2 Å². The molecule has 0 amide bonds. The van der Waals surface area contributed by atoms with Gasteiger partial charge in [-0.05, 0) is 75.6 Å². The van der Waals surface area contributed by atoms with Gasteiger partial charge >= 0.3 is 0 Å². The standard InChI is InChI=1S/C22H26N6O4/c29-27(30)21-13-9-19(10-14-21)25-23-17-5-1-2-6-18(8-4-3-7-17)24-26-20-11-15-22(16-12-20)28(31)32/h9-16,25-26H,1-8H2. The summed E-state index contributed by atoms with van der Waals surface area (Å²) in [6.07, 6.45) is 7.56. The van der Waals surface area contributed by atoms with Gasteiger partial charge in [0, 0.05) is 35.7 Å². The van der Waals surface area contributed by atoms with Gasteiger partial charge < -0.3 is 0 Å². The minimum Gasteiger partial charge on any atom is -0.279 e. The number of hydrogen-bond donors (Lipinski definition) is 2. The molecule has 2 aromatic carbocycles. The van der Waals surface area contributed by atoms with Crippen LogP contribution in [-0.2, 0) is 0 Å². The second-order valence-corrected chi connectivity index (χ2v) is 7.60. The van der Waals surface area contributed by atoms with Gasteiger partial charge in [-0.3, -0.25) is 31.1 Å². The third-order valence-electron chi connectivity index (χ3n) is 5.20. The van der Waals surface area contributed by atoms with Crippen LogP contribution in [0.15, 0.2) is 58.7 Å². The third kappa shape index (κ3) is 7.15. The van der Waals surface area contributed by atoms with E-state index in [4.69, 9.17) is 0 Å². The Hall–Kier alpha value is -3.82. The molecule has 0 heterocycles. The molecule has 0 unspecified atom stereocenters. The quantitative estimate of drug-likeness (QED) is 0.427. The van der Waals surface area contributed by atoms with Gasteiger partial charge in [0.1, 0.15) is 0 Å². The van der Waals surface area contributed by atoms with Crippen molar-refractivity contribution in [1.29, 1.82) is 0 Å². The first-order chi connectivity index (χ1) is 15.5. The number of nitro groups is 2. The Morgan fingerprint density at radius 1 is 0.594 bits per heavy atom. The predicted octanol–water partition coefficient (Wildman–Crippen LogP) is 5.87. The average Bonchev–Trinajstić information content (AvgIpc) is 2.80. The first-order valence-corrected chi connectivity index (χ1v) is 10.6. The molecule has 2 aromatic rings. The first-order valence-electron chi connectivity index (χ1n) is 10.6. The van der Waals surface area contributed by atoms with Gasteiger partial charge in [-0.2, -0.15) is 10.2 Å². The molecular weight excluding hydrogens is 412 g/mol. The molecule has 1 aliphatic rings. The second kappa shape index (κ2) is 11.5. The number of nitrogens with zero attached hydrogens (tertiary/aromatic N) is 4. The average molecular weight is 438 g/mol. The van der Waals surface area contributed by atoms with Crippen molar-refractivity contribution in [2.75, 3.05) is 10.9 Å². The topological polar surface area (TPSA) is 135 Å². The van der Waals surface area contributed by atoms with E-state index in [1.807, 2.05) is 0 Å². The number of benzene rings is 2. The number of hydrazone groups is 2. The molecule has 2 N–H and O–H groups in total. The molecular formula is C22H26N6O4. The molecule has 168 valence electrons. The lowest BCUT2D eigenvalue weighted by Crippen LogP contribution is -2.08. The molecule has 1 aliphatic carbocycles. The molecule has 1 saturated carbocycles. The number of nitro benzene ring substituents is 2. The van der Waals surface area contributed by atoms with E-state index in [0.29, 0.717) is 0 Å². The molecule has 0 bridgehead atoms. The van der Waals surface area contributed by atoms with E-state index in [1.54, 1.807) is 24.3 Å². The highest BCUT2D eigenvalue weighted by atomic mass is 16.6. The van der Waals surface area contributed by atoms with Gasteiger partial charge in [0.25, 0.3) is 11.4 Å². The van der Waals surface area contributed by atoms with Crippen LogP contribution < -0.4 is 10.9 Å². The smallest absolute Gasteiger partial charge is 0.269 e. The summed E-state index contributed by atoms with van der Waals surface area (Å²) >= 11 is 0. The Kier molecular flexibility index (Phi) is 8.24. The van der Waals surface area contributed by atoms with Gasteiger partial charge in [-0.25, -0.2) is 0 Å². The zero-order valence-corrected chi connectivity index (χ0v) is 17.7. The Bertz CT molecular complexity index is 889. The maximum Gasteiger partial charge on any atom is 0.269 e. The van der Waals surface area contributed by atoms with Gasteiger partial charge in [0.2, 0.25) is 0 Å². The van der Waals surface area contributed by atoms with Gasteiger partial charge in [0.05, 0.1) is 21.2 Å². The van der Waals surface area contributed by atoms with Crippen LogP contribution in [0.1, 0.15) is 51.4 Å². The fourth-order valence-electron chi connectivity index (χ4n) is 3.39. The zero-order chi connectivity index (χ0) is 22.8. The lowest BCUT2D eigenvalue weighted by molar-refractivity contribution is -0.385. The summed E-state index contributed by atoms with van der Waals surface area (Å²) in [4.78, 5) is 20.6. The molecule has 32 heavy (non-hydrogen) atoms. The van der Waals surface area contributed by atoms with E-state index in [9.17, 15) is 20.2 Å². The number of anilines is 2. The number of rotatable bonds is 6. The lowest BCUT2D eigenvalue weighted by atomic mass is 9.98. The second-order valence-electron chi connectivity index (χ2n) is 7.60. The molecule has 10 nitrogen and oxygen atoms in total. The Morgan fingerprint density at radius 3 is 1.19 bits per heavy atom.